The molecule has 3 aromatic carbocycles. The molecule has 0 saturated heterocycles. The lowest BCUT2D eigenvalue weighted by molar-refractivity contribution is 0.0942. The lowest BCUT2D eigenvalue weighted by Gasteiger charge is -2.14. The van der Waals surface area contributed by atoms with Crippen LogP contribution in [0, 0.1) is 5.82 Å². The molecule has 4 rings (SSSR count). The molecule has 0 saturated carbocycles. The number of carbonyl (C=O) groups excluding carboxylic acids is 2. The van der Waals surface area contributed by atoms with Crippen molar-refractivity contribution in [3.63, 3.8) is 0 Å². The van der Waals surface area contributed by atoms with E-state index in [2.05, 4.69) is 10.3 Å². The largest absolute Gasteiger partial charge is 0.494 e. The topological polar surface area (TPSA) is 90.3 Å². The Morgan fingerprint density at radius 1 is 1.05 bits per heavy atom. The molecule has 0 aliphatic rings. The van der Waals surface area contributed by atoms with Gasteiger partial charge in [0.15, 0.2) is 10.9 Å². The fourth-order valence-electron chi connectivity index (χ4n) is 3.71. The SMILES string of the molecule is CCOc1ccc(C(=O)CSc2nc3cc(C(=O)NC(C)C)ccc3c(=O)n2-c2cccc(F)c2)cc1. The molecule has 1 heterocycles. The molecule has 9 heteroatoms. The summed E-state index contributed by atoms with van der Waals surface area (Å²) in [7, 11) is 0. The Labute approximate surface area is 217 Å². The second-order valence-electron chi connectivity index (χ2n) is 8.54. The first-order chi connectivity index (χ1) is 17.8. The number of benzene rings is 3. The van der Waals surface area contributed by atoms with Crippen molar-refractivity contribution >= 4 is 34.4 Å². The molecule has 0 aliphatic carbocycles. The number of fused-ring (bicyclic) bond motifs is 1. The van der Waals surface area contributed by atoms with Gasteiger partial charge in [-0.2, -0.15) is 0 Å². The lowest BCUT2D eigenvalue weighted by atomic mass is 10.1. The molecule has 4 aromatic rings. The number of Topliss-reactive ketones (excluding diaryl/α,β-unsaturated/α-hetero) is 1. The lowest BCUT2D eigenvalue weighted by Crippen LogP contribution is -2.30. The number of nitrogens with one attached hydrogen (secondary N) is 1. The first-order valence-corrected chi connectivity index (χ1v) is 12.8. The molecule has 0 radical (unpaired) electrons. The molecular formula is C28H26FN3O4S. The average molecular weight is 520 g/mol. The van der Waals surface area contributed by atoms with Gasteiger partial charge in [0.05, 0.1) is 29.0 Å². The maximum atomic E-state index is 14.0. The highest BCUT2D eigenvalue weighted by Crippen LogP contribution is 2.24. The maximum absolute atomic E-state index is 14.0. The van der Waals surface area contributed by atoms with E-state index in [1.165, 1.54) is 28.8 Å². The van der Waals surface area contributed by atoms with Gasteiger partial charge in [-0.15, -0.1) is 0 Å². The zero-order valence-corrected chi connectivity index (χ0v) is 21.5. The number of aromatic nitrogens is 2. The van der Waals surface area contributed by atoms with Gasteiger partial charge in [-0.05, 0) is 81.4 Å². The quantitative estimate of drug-likeness (QED) is 0.189. The van der Waals surface area contributed by atoms with Gasteiger partial charge in [-0.1, -0.05) is 17.8 Å². The Hall–Kier alpha value is -3.98. The summed E-state index contributed by atoms with van der Waals surface area (Å²) in [5.41, 5.74) is 1.02. The number of halogens is 1. The van der Waals surface area contributed by atoms with E-state index in [0.717, 1.165) is 11.8 Å². The molecule has 0 fully saturated rings. The van der Waals surface area contributed by atoms with Crippen molar-refractivity contribution < 1.29 is 18.7 Å². The molecule has 0 bridgehead atoms. The summed E-state index contributed by atoms with van der Waals surface area (Å²) in [5.74, 6) is -0.299. The standard InChI is InChI=1S/C28H26FN3O4S/c1-4-36-22-11-8-18(9-12-22)25(33)16-37-28-31-24-14-19(26(34)30-17(2)3)10-13-23(24)27(35)32(28)21-7-5-6-20(29)15-21/h5-15,17H,4,16H2,1-3H3,(H,30,34). The predicted octanol–water partition coefficient (Wildman–Crippen LogP) is 5.04. The van der Waals surface area contributed by atoms with Crippen molar-refractivity contribution in [1.29, 1.82) is 0 Å². The minimum atomic E-state index is -0.508. The third-order valence-corrected chi connectivity index (χ3v) is 6.35. The van der Waals surface area contributed by atoms with E-state index in [-0.39, 0.29) is 39.7 Å². The van der Waals surface area contributed by atoms with E-state index >= 15 is 0 Å². The zero-order valence-electron chi connectivity index (χ0n) is 20.7. The molecule has 0 spiro atoms. The Morgan fingerprint density at radius 2 is 1.78 bits per heavy atom. The van der Waals surface area contributed by atoms with Gasteiger partial charge in [0.2, 0.25) is 0 Å². The smallest absolute Gasteiger partial charge is 0.266 e. The van der Waals surface area contributed by atoms with E-state index in [9.17, 15) is 18.8 Å². The Morgan fingerprint density at radius 3 is 2.46 bits per heavy atom. The molecule has 7 nitrogen and oxygen atoms in total. The summed E-state index contributed by atoms with van der Waals surface area (Å²) in [6.45, 7) is 6.11. The van der Waals surface area contributed by atoms with Crippen LogP contribution in [0.25, 0.3) is 16.6 Å². The Balaban J connectivity index is 1.73. The third kappa shape index (κ3) is 6.06. The molecule has 37 heavy (non-hydrogen) atoms. The van der Waals surface area contributed by atoms with Gasteiger partial charge < -0.3 is 10.1 Å². The van der Waals surface area contributed by atoms with Crippen LogP contribution in [-0.4, -0.2) is 39.6 Å². The summed E-state index contributed by atoms with van der Waals surface area (Å²) in [5, 5.41) is 3.30. The van der Waals surface area contributed by atoms with Gasteiger partial charge >= 0.3 is 0 Å². The van der Waals surface area contributed by atoms with Crippen molar-refractivity contribution in [3.05, 3.63) is 94.0 Å². The highest BCUT2D eigenvalue weighted by molar-refractivity contribution is 7.99. The zero-order chi connectivity index (χ0) is 26.5. The van der Waals surface area contributed by atoms with Gasteiger partial charge in [-0.3, -0.25) is 19.0 Å². The Kier molecular flexibility index (Phi) is 8.03. The van der Waals surface area contributed by atoms with E-state index in [1.54, 1.807) is 42.5 Å². The van der Waals surface area contributed by atoms with Crippen LogP contribution in [0.2, 0.25) is 0 Å². The van der Waals surface area contributed by atoms with Gasteiger partial charge in [0.1, 0.15) is 11.6 Å². The van der Waals surface area contributed by atoms with Crippen molar-refractivity contribution in [2.24, 2.45) is 0 Å². The third-order valence-electron chi connectivity index (χ3n) is 5.41. The average Bonchev–Trinajstić information content (AvgIpc) is 2.87. The minimum absolute atomic E-state index is 0.00519. The van der Waals surface area contributed by atoms with Crippen LogP contribution in [0.4, 0.5) is 4.39 Å². The second-order valence-corrected chi connectivity index (χ2v) is 9.49. The first-order valence-electron chi connectivity index (χ1n) is 11.8. The van der Waals surface area contributed by atoms with E-state index in [4.69, 9.17) is 4.74 Å². The first kappa shape index (κ1) is 26.1. The number of hydrogen-bond acceptors (Lipinski definition) is 6. The summed E-state index contributed by atoms with van der Waals surface area (Å²) in [6.07, 6.45) is 0. The second kappa shape index (κ2) is 11.4. The highest BCUT2D eigenvalue weighted by Gasteiger charge is 2.18. The number of nitrogens with zero attached hydrogens (tertiary/aromatic N) is 2. The molecule has 190 valence electrons. The number of ketones is 1. The molecule has 0 atom stereocenters. The molecular weight excluding hydrogens is 493 g/mol. The summed E-state index contributed by atoms with van der Waals surface area (Å²) < 4.78 is 20.8. The predicted molar refractivity (Wildman–Crippen MR) is 143 cm³/mol. The van der Waals surface area contributed by atoms with Crippen LogP contribution in [-0.2, 0) is 0 Å². The fraction of sp³-hybridized carbons (Fsp3) is 0.214. The molecule has 0 unspecified atom stereocenters. The van der Waals surface area contributed by atoms with Crippen LogP contribution in [0.5, 0.6) is 5.75 Å². The summed E-state index contributed by atoms with van der Waals surface area (Å²) in [4.78, 5) is 43.5. The number of amides is 1. The summed E-state index contributed by atoms with van der Waals surface area (Å²) in [6, 6.07) is 17.0. The van der Waals surface area contributed by atoms with Crippen LogP contribution < -0.4 is 15.6 Å². The number of carbonyl (C=O) groups is 2. The van der Waals surface area contributed by atoms with Crippen LogP contribution in [0.1, 0.15) is 41.5 Å². The Bertz CT molecular complexity index is 1520. The van der Waals surface area contributed by atoms with Crippen molar-refractivity contribution in [3.8, 4) is 11.4 Å². The normalized spacial score (nSPS) is 11.1. The number of hydrogen-bond donors (Lipinski definition) is 1. The van der Waals surface area contributed by atoms with Crippen molar-refractivity contribution in [2.75, 3.05) is 12.4 Å². The van der Waals surface area contributed by atoms with Crippen LogP contribution >= 0.6 is 11.8 Å². The fourth-order valence-corrected chi connectivity index (χ4v) is 4.62. The monoisotopic (exact) mass is 519 g/mol. The maximum Gasteiger partial charge on any atom is 0.266 e. The minimum Gasteiger partial charge on any atom is -0.494 e. The van der Waals surface area contributed by atoms with Gasteiger partial charge in [0.25, 0.3) is 11.5 Å². The number of rotatable bonds is 9. The van der Waals surface area contributed by atoms with Gasteiger partial charge in [0, 0.05) is 17.2 Å². The van der Waals surface area contributed by atoms with Crippen LogP contribution in [0.15, 0.2) is 76.7 Å². The van der Waals surface area contributed by atoms with Crippen LogP contribution in [0.3, 0.4) is 0 Å². The van der Waals surface area contributed by atoms with E-state index < -0.39 is 11.4 Å². The highest BCUT2D eigenvalue weighted by atomic mass is 32.2. The van der Waals surface area contributed by atoms with Crippen molar-refractivity contribution in [1.82, 2.24) is 14.9 Å². The summed E-state index contributed by atoms with van der Waals surface area (Å²) >= 11 is 1.07. The van der Waals surface area contributed by atoms with Crippen molar-refractivity contribution in [2.45, 2.75) is 32.0 Å². The number of ether oxygens (including phenoxy) is 1. The molecule has 1 N–H and O–H groups in total. The van der Waals surface area contributed by atoms with E-state index in [0.29, 0.717) is 29.0 Å². The van der Waals surface area contributed by atoms with E-state index in [1.807, 2.05) is 20.8 Å². The molecule has 1 aromatic heterocycles. The molecule has 1 amide bonds. The number of thioether (sulfide) groups is 1. The molecule has 0 aliphatic heterocycles. The van der Waals surface area contributed by atoms with Gasteiger partial charge in [-0.25, -0.2) is 9.37 Å².